The third kappa shape index (κ3) is 2.77. The maximum atomic E-state index is 13.2. The molecule has 1 saturated heterocycles. The lowest BCUT2D eigenvalue weighted by molar-refractivity contribution is -0.131. The highest BCUT2D eigenvalue weighted by atomic mass is 32.2. The largest absolute Gasteiger partial charge is 0.342 e. The molecule has 1 fully saturated rings. The van der Waals surface area contributed by atoms with E-state index in [2.05, 4.69) is 27.8 Å². The van der Waals surface area contributed by atoms with Gasteiger partial charge in [-0.15, -0.1) is 10.2 Å². The highest BCUT2D eigenvalue weighted by molar-refractivity contribution is 8.00. The molecule has 0 saturated carbocycles. The second-order valence-electron chi connectivity index (χ2n) is 6.31. The molecule has 1 aromatic heterocycles. The number of rotatable bonds is 2. The normalized spacial score (nSPS) is 23.5. The molecular weight excluding hydrogens is 322 g/mol. The van der Waals surface area contributed by atoms with Gasteiger partial charge in [-0.1, -0.05) is 42.1 Å². The number of carbonyl (C=O) groups excluding carboxylic acids is 1. The number of benzene rings is 1. The summed E-state index contributed by atoms with van der Waals surface area (Å²) < 4.78 is 1.89. The molecule has 126 valence electrons. The van der Waals surface area contributed by atoms with Crippen LogP contribution in [-0.2, 0) is 4.79 Å². The molecule has 0 aliphatic carbocycles. The second kappa shape index (κ2) is 6.47. The van der Waals surface area contributed by atoms with E-state index in [9.17, 15) is 4.79 Å². The van der Waals surface area contributed by atoms with Gasteiger partial charge in [0.15, 0.2) is 0 Å². The van der Waals surface area contributed by atoms with Gasteiger partial charge in [-0.25, -0.2) is 4.68 Å². The smallest absolute Gasteiger partial charge is 0.238 e. The van der Waals surface area contributed by atoms with E-state index in [1.54, 1.807) is 0 Å². The standard InChI is InChI=1S/C17H21N5OS/c1-12-18-19-17-22(12)20-14(13-8-4-2-5-9-13)15(24-17)16(23)21-10-6-3-7-11-21/h2,4-5,8-9,14-15,20H,3,6-7,10-11H2,1H3/t14-,15-/m0/s1. The highest BCUT2D eigenvalue weighted by Crippen LogP contribution is 2.38. The Balaban J connectivity index is 1.67. The van der Waals surface area contributed by atoms with Gasteiger partial charge in [0, 0.05) is 13.1 Å². The molecule has 2 aliphatic heterocycles. The van der Waals surface area contributed by atoms with Crippen molar-refractivity contribution in [3.8, 4) is 0 Å². The molecule has 2 aromatic rings. The lowest BCUT2D eigenvalue weighted by atomic mass is 10.0. The zero-order valence-electron chi connectivity index (χ0n) is 13.7. The molecule has 0 radical (unpaired) electrons. The second-order valence-corrected chi connectivity index (χ2v) is 7.42. The third-order valence-corrected chi connectivity index (χ3v) is 5.87. The number of hydrogen-bond acceptors (Lipinski definition) is 5. The van der Waals surface area contributed by atoms with Crippen LogP contribution in [0.1, 0.15) is 36.7 Å². The van der Waals surface area contributed by atoms with Crippen LogP contribution < -0.4 is 5.43 Å². The van der Waals surface area contributed by atoms with E-state index in [4.69, 9.17) is 0 Å². The van der Waals surface area contributed by atoms with Gasteiger partial charge >= 0.3 is 0 Å². The van der Waals surface area contributed by atoms with Crippen LogP contribution in [0.5, 0.6) is 0 Å². The van der Waals surface area contributed by atoms with Crippen molar-refractivity contribution in [1.29, 1.82) is 0 Å². The summed E-state index contributed by atoms with van der Waals surface area (Å²) in [5.74, 6) is 1.01. The van der Waals surface area contributed by atoms with E-state index in [0.29, 0.717) is 0 Å². The molecule has 24 heavy (non-hydrogen) atoms. The van der Waals surface area contributed by atoms with Gasteiger partial charge in [0.1, 0.15) is 11.1 Å². The Morgan fingerprint density at radius 3 is 2.67 bits per heavy atom. The minimum atomic E-state index is -0.221. The number of likely N-dealkylation sites (tertiary alicyclic amines) is 1. The highest BCUT2D eigenvalue weighted by Gasteiger charge is 2.39. The molecule has 0 unspecified atom stereocenters. The van der Waals surface area contributed by atoms with Crippen molar-refractivity contribution in [2.24, 2.45) is 0 Å². The van der Waals surface area contributed by atoms with Gasteiger partial charge < -0.3 is 10.3 Å². The van der Waals surface area contributed by atoms with Crippen molar-refractivity contribution in [2.75, 3.05) is 18.5 Å². The fourth-order valence-corrected chi connectivity index (χ4v) is 4.56. The Kier molecular flexibility index (Phi) is 4.18. The zero-order valence-corrected chi connectivity index (χ0v) is 14.5. The Morgan fingerprint density at radius 2 is 1.92 bits per heavy atom. The number of amides is 1. The molecule has 0 bridgehead atoms. The number of aromatic nitrogens is 3. The quantitative estimate of drug-likeness (QED) is 0.907. The first-order chi connectivity index (χ1) is 11.7. The van der Waals surface area contributed by atoms with Gasteiger partial charge in [-0.3, -0.25) is 4.79 Å². The molecule has 1 aromatic carbocycles. The number of aryl methyl sites for hydroxylation is 1. The van der Waals surface area contributed by atoms with Crippen molar-refractivity contribution in [2.45, 2.75) is 42.6 Å². The molecule has 1 amide bonds. The molecule has 2 aliphatic rings. The fraction of sp³-hybridized carbons (Fsp3) is 0.471. The van der Waals surface area contributed by atoms with Crippen molar-refractivity contribution in [3.63, 3.8) is 0 Å². The van der Waals surface area contributed by atoms with Gasteiger partial charge in [0.2, 0.25) is 11.1 Å². The zero-order chi connectivity index (χ0) is 16.5. The number of piperidine rings is 1. The van der Waals surface area contributed by atoms with Gasteiger partial charge in [-0.05, 0) is 31.7 Å². The van der Waals surface area contributed by atoms with E-state index in [1.165, 1.54) is 18.2 Å². The van der Waals surface area contributed by atoms with Crippen LogP contribution in [0.2, 0.25) is 0 Å². The first-order valence-corrected chi connectivity index (χ1v) is 9.31. The van der Waals surface area contributed by atoms with E-state index in [0.717, 1.165) is 42.5 Å². The Labute approximate surface area is 145 Å². The average Bonchev–Trinajstić information content (AvgIpc) is 3.02. The van der Waals surface area contributed by atoms with Crippen LogP contribution in [0.3, 0.4) is 0 Å². The van der Waals surface area contributed by atoms with E-state index in [1.807, 2.05) is 34.7 Å². The Hall–Kier alpha value is -2.02. The van der Waals surface area contributed by atoms with Crippen LogP contribution in [0.25, 0.3) is 0 Å². The molecule has 7 heteroatoms. The summed E-state index contributed by atoms with van der Waals surface area (Å²) in [5.41, 5.74) is 4.57. The van der Waals surface area contributed by atoms with Gasteiger partial charge in [0.05, 0.1) is 6.04 Å². The lowest BCUT2D eigenvalue weighted by Gasteiger charge is -2.37. The topological polar surface area (TPSA) is 63.1 Å². The molecule has 2 atom stereocenters. The average molecular weight is 343 g/mol. The van der Waals surface area contributed by atoms with Crippen molar-refractivity contribution in [3.05, 3.63) is 41.7 Å². The summed E-state index contributed by atoms with van der Waals surface area (Å²) in [6.45, 7) is 3.64. The predicted octanol–water partition coefficient (Wildman–Crippen LogP) is 2.36. The van der Waals surface area contributed by atoms with Crippen LogP contribution in [0.15, 0.2) is 35.5 Å². The monoisotopic (exact) mass is 343 g/mol. The third-order valence-electron chi connectivity index (χ3n) is 4.67. The van der Waals surface area contributed by atoms with Crippen molar-refractivity contribution in [1.82, 2.24) is 19.8 Å². The first kappa shape index (κ1) is 15.5. The summed E-state index contributed by atoms with van der Waals surface area (Å²) in [6, 6.07) is 10.1. The van der Waals surface area contributed by atoms with Crippen molar-refractivity contribution >= 4 is 17.7 Å². The Bertz CT molecular complexity index is 726. The summed E-state index contributed by atoms with van der Waals surface area (Å²) in [6.07, 6.45) is 3.42. The Morgan fingerprint density at radius 1 is 1.17 bits per heavy atom. The summed E-state index contributed by atoms with van der Waals surface area (Å²) in [5, 5.41) is 8.88. The van der Waals surface area contributed by atoms with E-state index < -0.39 is 0 Å². The maximum Gasteiger partial charge on any atom is 0.238 e. The number of thioether (sulfide) groups is 1. The maximum absolute atomic E-state index is 13.2. The number of fused-ring (bicyclic) bond motifs is 1. The minimum absolute atomic E-state index is 0.0900. The molecule has 3 heterocycles. The molecule has 4 rings (SSSR count). The number of hydrogen-bond donors (Lipinski definition) is 1. The summed E-state index contributed by atoms with van der Waals surface area (Å²) >= 11 is 1.52. The van der Waals surface area contributed by atoms with Crippen LogP contribution in [0, 0.1) is 6.92 Å². The summed E-state index contributed by atoms with van der Waals surface area (Å²) in [7, 11) is 0. The predicted molar refractivity (Wildman–Crippen MR) is 93.4 cm³/mol. The van der Waals surface area contributed by atoms with Crippen LogP contribution >= 0.6 is 11.8 Å². The molecule has 1 N–H and O–H groups in total. The van der Waals surface area contributed by atoms with Gasteiger partial charge in [-0.2, -0.15) is 0 Å². The SMILES string of the molecule is Cc1nnc2n1N[C@@H](c1ccccc1)[C@@H](C(=O)N1CCCCC1)S2. The number of nitrogens with one attached hydrogen (secondary N) is 1. The fourth-order valence-electron chi connectivity index (χ4n) is 3.35. The minimum Gasteiger partial charge on any atom is -0.342 e. The molecule has 6 nitrogen and oxygen atoms in total. The lowest BCUT2D eigenvalue weighted by Crippen LogP contribution is -2.47. The number of carbonyl (C=O) groups is 1. The summed E-state index contributed by atoms with van der Waals surface area (Å²) in [4.78, 5) is 15.2. The molecule has 0 spiro atoms. The first-order valence-electron chi connectivity index (χ1n) is 8.43. The van der Waals surface area contributed by atoms with Crippen LogP contribution in [-0.4, -0.2) is 44.0 Å². The molecular formula is C17H21N5OS. The van der Waals surface area contributed by atoms with Crippen LogP contribution in [0.4, 0.5) is 0 Å². The van der Waals surface area contributed by atoms with Crippen molar-refractivity contribution < 1.29 is 4.79 Å². The number of nitrogens with zero attached hydrogens (tertiary/aromatic N) is 4. The van der Waals surface area contributed by atoms with Gasteiger partial charge in [0.25, 0.3) is 0 Å². The van der Waals surface area contributed by atoms with E-state index >= 15 is 0 Å². The van der Waals surface area contributed by atoms with E-state index in [-0.39, 0.29) is 17.2 Å².